The van der Waals surface area contributed by atoms with Gasteiger partial charge in [0.2, 0.25) is 0 Å². The van der Waals surface area contributed by atoms with Gasteiger partial charge in [0.15, 0.2) is 0 Å². The molecule has 1 aromatic carbocycles. The van der Waals surface area contributed by atoms with Gasteiger partial charge >= 0.3 is 5.51 Å². The highest BCUT2D eigenvalue weighted by atomic mass is 32.2. The minimum Gasteiger partial charge on any atom is -0.464 e. The van der Waals surface area contributed by atoms with Crippen molar-refractivity contribution >= 4 is 17.4 Å². The number of benzene rings is 1. The van der Waals surface area contributed by atoms with Crippen molar-refractivity contribution in [3.8, 4) is 0 Å². The number of hydrogen-bond acceptors (Lipinski definition) is 3. The fraction of sp³-hybridized carbons (Fsp3) is 0.286. The van der Waals surface area contributed by atoms with Gasteiger partial charge in [-0.05, 0) is 48.2 Å². The lowest BCUT2D eigenvalue weighted by Crippen LogP contribution is -2.00. The predicted octanol–water partition coefficient (Wildman–Crippen LogP) is 5.07. The second-order valence-corrected chi connectivity index (χ2v) is 5.29. The van der Waals surface area contributed by atoms with Crippen molar-refractivity contribution < 1.29 is 17.6 Å². The van der Waals surface area contributed by atoms with Crippen LogP contribution < -0.4 is 5.32 Å². The largest absolute Gasteiger partial charge is 0.464 e. The summed E-state index contributed by atoms with van der Waals surface area (Å²) in [7, 11) is 0. The Bertz CT molecular complexity index is 548. The molecule has 0 fully saturated rings. The van der Waals surface area contributed by atoms with Crippen LogP contribution in [-0.4, -0.2) is 5.51 Å². The van der Waals surface area contributed by atoms with E-state index in [1.54, 1.807) is 12.1 Å². The summed E-state index contributed by atoms with van der Waals surface area (Å²) in [6.45, 7) is 2.51. The number of alkyl halides is 3. The number of aryl methyl sites for hydroxylation is 1. The molecule has 1 aromatic heterocycles. The maximum Gasteiger partial charge on any atom is 0.446 e. The number of hydrogen-bond donors (Lipinski definition) is 1. The molecule has 2 aromatic rings. The fourth-order valence-corrected chi connectivity index (χ4v) is 2.21. The van der Waals surface area contributed by atoms with Gasteiger partial charge < -0.3 is 9.73 Å². The third kappa shape index (κ3) is 4.52. The Hall–Kier alpha value is -1.56. The summed E-state index contributed by atoms with van der Waals surface area (Å²) in [4.78, 5) is 0.175. The predicted molar refractivity (Wildman–Crippen MR) is 73.8 cm³/mol. The molecule has 1 heterocycles. The van der Waals surface area contributed by atoms with Gasteiger partial charge in [0.25, 0.3) is 0 Å². The van der Waals surface area contributed by atoms with E-state index in [0.717, 1.165) is 23.6 Å². The summed E-state index contributed by atoms with van der Waals surface area (Å²) in [6.07, 6.45) is 0.837. The lowest BCUT2D eigenvalue weighted by atomic mass is 10.3. The molecule has 1 N–H and O–H groups in total. The molecule has 2 nitrogen and oxygen atoms in total. The molecule has 2 rings (SSSR count). The third-order valence-corrected chi connectivity index (χ3v) is 3.36. The van der Waals surface area contributed by atoms with Crippen molar-refractivity contribution in [3.05, 3.63) is 47.9 Å². The van der Waals surface area contributed by atoms with Gasteiger partial charge in [-0.15, -0.1) is 0 Å². The average molecular weight is 301 g/mol. The zero-order valence-electron chi connectivity index (χ0n) is 10.8. The Kier molecular flexibility index (Phi) is 4.65. The maximum atomic E-state index is 12.2. The first kappa shape index (κ1) is 14.8. The van der Waals surface area contributed by atoms with Crippen LogP contribution in [0.4, 0.5) is 18.9 Å². The molecule has 0 spiro atoms. The molecule has 20 heavy (non-hydrogen) atoms. The van der Waals surface area contributed by atoms with Crippen LogP contribution in [0, 0.1) is 0 Å². The van der Waals surface area contributed by atoms with E-state index in [9.17, 15) is 13.2 Å². The molecule has 0 radical (unpaired) electrons. The molecule has 0 amide bonds. The van der Waals surface area contributed by atoms with Crippen LogP contribution in [0.25, 0.3) is 0 Å². The molecule has 0 unspecified atom stereocenters. The molecule has 6 heteroatoms. The summed E-state index contributed by atoms with van der Waals surface area (Å²) in [5, 5.41) is 3.10. The zero-order valence-corrected chi connectivity index (χ0v) is 11.6. The minimum absolute atomic E-state index is 0.116. The minimum atomic E-state index is -4.25. The molecule has 0 atom stereocenters. The van der Waals surface area contributed by atoms with E-state index in [0.29, 0.717) is 6.54 Å². The van der Waals surface area contributed by atoms with E-state index in [-0.39, 0.29) is 16.7 Å². The van der Waals surface area contributed by atoms with E-state index in [1.807, 2.05) is 19.1 Å². The molecule has 0 aliphatic heterocycles. The third-order valence-electron chi connectivity index (χ3n) is 2.62. The van der Waals surface area contributed by atoms with Gasteiger partial charge in [-0.3, -0.25) is 0 Å². The fourth-order valence-electron chi connectivity index (χ4n) is 1.67. The number of rotatable bonds is 5. The highest BCUT2D eigenvalue weighted by molar-refractivity contribution is 8.00. The molecule has 0 aliphatic carbocycles. The van der Waals surface area contributed by atoms with Crippen molar-refractivity contribution in [3.63, 3.8) is 0 Å². The number of nitrogens with one attached hydrogen (secondary N) is 1. The summed E-state index contributed by atoms with van der Waals surface area (Å²) in [6, 6.07) is 9.94. The summed E-state index contributed by atoms with van der Waals surface area (Å²) < 4.78 is 42.1. The lowest BCUT2D eigenvalue weighted by Gasteiger charge is -2.07. The Morgan fingerprint density at radius 2 is 1.70 bits per heavy atom. The molecular formula is C14H14F3NOS. The van der Waals surface area contributed by atoms with Crippen molar-refractivity contribution in [2.45, 2.75) is 30.3 Å². The first-order chi connectivity index (χ1) is 9.46. The van der Waals surface area contributed by atoms with Crippen LogP contribution in [0.5, 0.6) is 0 Å². The van der Waals surface area contributed by atoms with E-state index in [1.165, 1.54) is 12.1 Å². The van der Waals surface area contributed by atoms with Crippen LogP contribution in [-0.2, 0) is 13.0 Å². The zero-order chi connectivity index (χ0) is 14.6. The van der Waals surface area contributed by atoms with Crippen LogP contribution >= 0.6 is 11.8 Å². The van der Waals surface area contributed by atoms with Gasteiger partial charge in [-0.1, -0.05) is 6.92 Å². The summed E-state index contributed by atoms with van der Waals surface area (Å²) >= 11 is -0.116. The molecule has 108 valence electrons. The molecule has 0 bridgehead atoms. The van der Waals surface area contributed by atoms with E-state index in [2.05, 4.69) is 5.32 Å². The highest BCUT2D eigenvalue weighted by Crippen LogP contribution is 2.37. The Labute approximate surface area is 119 Å². The van der Waals surface area contributed by atoms with Crippen LogP contribution in [0.15, 0.2) is 45.7 Å². The quantitative estimate of drug-likeness (QED) is 0.781. The normalized spacial score (nSPS) is 11.6. The van der Waals surface area contributed by atoms with Crippen LogP contribution in [0.1, 0.15) is 18.4 Å². The Morgan fingerprint density at radius 3 is 2.25 bits per heavy atom. The van der Waals surface area contributed by atoms with Crippen LogP contribution in [0.2, 0.25) is 0 Å². The molecule has 0 aliphatic rings. The standard InChI is InChI=1S/C14H14F3NOS/c1-2-11-5-6-12(19-11)9-18-10-3-7-13(8-4-10)20-14(15,16)17/h3-8,18H,2,9H2,1H3. The van der Waals surface area contributed by atoms with Crippen molar-refractivity contribution in [2.75, 3.05) is 5.32 Å². The van der Waals surface area contributed by atoms with Crippen molar-refractivity contribution in [1.29, 1.82) is 0 Å². The van der Waals surface area contributed by atoms with Crippen molar-refractivity contribution in [2.24, 2.45) is 0 Å². The van der Waals surface area contributed by atoms with Gasteiger partial charge in [-0.25, -0.2) is 0 Å². The second kappa shape index (κ2) is 6.26. The summed E-state index contributed by atoms with van der Waals surface area (Å²) in [5.41, 5.74) is -3.49. The van der Waals surface area contributed by atoms with Gasteiger partial charge in [-0.2, -0.15) is 13.2 Å². The number of furan rings is 1. The van der Waals surface area contributed by atoms with E-state index >= 15 is 0 Å². The van der Waals surface area contributed by atoms with Crippen LogP contribution in [0.3, 0.4) is 0 Å². The number of halogens is 3. The van der Waals surface area contributed by atoms with Gasteiger partial charge in [0, 0.05) is 17.0 Å². The average Bonchev–Trinajstić information content (AvgIpc) is 2.84. The first-order valence-electron chi connectivity index (χ1n) is 6.13. The monoisotopic (exact) mass is 301 g/mol. The second-order valence-electron chi connectivity index (χ2n) is 4.15. The summed E-state index contributed by atoms with van der Waals surface area (Å²) in [5.74, 6) is 1.72. The highest BCUT2D eigenvalue weighted by Gasteiger charge is 2.28. The molecule has 0 saturated carbocycles. The SMILES string of the molecule is CCc1ccc(CNc2ccc(SC(F)(F)F)cc2)o1. The molecule has 0 saturated heterocycles. The Morgan fingerprint density at radius 1 is 1.05 bits per heavy atom. The smallest absolute Gasteiger partial charge is 0.446 e. The number of anilines is 1. The van der Waals surface area contributed by atoms with Crippen molar-refractivity contribution in [1.82, 2.24) is 0 Å². The molecular weight excluding hydrogens is 287 g/mol. The topological polar surface area (TPSA) is 25.2 Å². The number of thioether (sulfide) groups is 1. The van der Waals surface area contributed by atoms with Gasteiger partial charge in [0.1, 0.15) is 11.5 Å². The maximum absolute atomic E-state index is 12.2. The lowest BCUT2D eigenvalue weighted by molar-refractivity contribution is -0.0328. The Balaban J connectivity index is 1.90. The van der Waals surface area contributed by atoms with E-state index in [4.69, 9.17) is 4.42 Å². The van der Waals surface area contributed by atoms with Gasteiger partial charge in [0.05, 0.1) is 6.54 Å². The first-order valence-corrected chi connectivity index (χ1v) is 6.95. The van der Waals surface area contributed by atoms with E-state index < -0.39 is 5.51 Å².